The van der Waals surface area contributed by atoms with E-state index in [2.05, 4.69) is 33.0 Å². The van der Waals surface area contributed by atoms with Gasteiger partial charge in [-0.3, -0.25) is 4.79 Å². The van der Waals surface area contributed by atoms with E-state index < -0.39 is 11.4 Å². The molecule has 0 amide bonds. The zero-order valence-corrected chi connectivity index (χ0v) is 12.5. The minimum absolute atomic E-state index is 0. The van der Waals surface area contributed by atoms with Gasteiger partial charge in [0.15, 0.2) is 0 Å². The summed E-state index contributed by atoms with van der Waals surface area (Å²) in [6, 6.07) is 0. The molecule has 1 aliphatic heterocycles. The summed E-state index contributed by atoms with van der Waals surface area (Å²) in [6.45, 7) is 10.6. The number of piperidine rings is 1. The van der Waals surface area contributed by atoms with Gasteiger partial charge in [0.1, 0.15) is 0 Å². The molecule has 1 unspecified atom stereocenters. The Morgan fingerprint density at radius 3 is 2.50 bits per heavy atom. The van der Waals surface area contributed by atoms with Gasteiger partial charge in [0.25, 0.3) is 0 Å². The fourth-order valence-corrected chi connectivity index (χ4v) is 2.13. The van der Waals surface area contributed by atoms with E-state index in [-0.39, 0.29) is 1.43 Å². The lowest BCUT2D eigenvalue weighted by molar-refractivity contribution is -0.152. The molecule has 0 aromatic heterocycles. The van der Waals surface area contributed by atoms with Crippen LogP contribution in [0.5, 0.6) is 0 Å². The molecule has 1 rings (SSSR count). The Bertz CT molecular complexity index is 246. The van der Waals surface area contributed by atoms with E-state index in [4.69, 9.17) is 4.74 Å². The van der Waals surface area contributed by atoms with Crippen LogP contribution in [0.4, 0.5) is 0 Å². The molecule has 0 aliphatic carbocycles. The zero-order chi connectivity index (χ0) is 14.2. The second kappa shape index (κ2) is 8.48. The van der Waals surface area contributed by atoms with Crippen LogP contribution in [0.1, 0.15) is 42.0 Å². The first-order valence-electron chi connectivity index (χ1n) is 6.77. The van der Waals surface area contributed by atoms with Gasteiger partial charge in [-0.05, 0) is 31.2 Å². The van der Waals surface area contributed by atoms with Crippen molar-refractivity contribution in [2.45, 2.75) is 40.5 Å². The van der Waals surface area contributed by atoms with Crippen molar-refractivity contribution < 1.29 is 16.1 Å². The quantitative estimate of drug-likeness (QED) is 0.817. The number of nitrogens with one attached hydrogen (secondary N) is 1. The lowest BCUT2D eigenvalue weighted by Crippen LogP contribution is -2.49. The number of hydrogen-bond donors (Lipinski definition) is 2. The Labute approximate surface area is 113 Å². The highest BCUT2D eigenvalue weighted by Gasteiger charge is 2.41. The van der Waals surface area contributed by atoms with Gasteiger partial charge >= 0.3 is 5.97 Å². The van der Waals surface area contributed by atoms with Crippen LogP contribution in [0.3, 0.4) is 0 Å². The Morgan fingerprint density at radius 1 is 1.56 bits per heavy atom. The number of carboxylic acid groups (broad SMARTS) is 1. The lowest BCUT2D eigenvalue weighted by Gasteiger charge is -2.36. The van der Waals surface area contributed by atoms with Gasteiger partial charge in [0, 0.05) is 21.7 Å². The van der Waals surface area contributed by atoms with Crippen molar-refractivity contribution in [2.75, 3.05) is 26.8 Å². The Kier molecular flexibility index (Phi) is 8.20. The van der Waals surface area contributed by atoms with Crippen molar-refractivity contribution in [2.24, 2.45) is 17.3 Å². The standard InChI is InChI=1S/C10H19NO3.C4H10.H2/c1-8-5-10(9(12)13,3-4-14-2)7-11-6-8;1-4(2)3;/h8,11H,3-7H2,1-2H3,(H,12,13);4H,1-3H3;1H/t8?,10-;;/m1../s1. The molecule has 2 atom stereocenters. The van der Waals surface area contributed by atoms with Crippen LogP contribution in [0.2, 0.25) is 0 Å². The summed E-state index contributed by atoms with van der Waals surface area (Å²) in [7, 11) is 1.61. The second-order valence-corrected chi connectivity index (χ2v) is 6.00. The van der Waals surface area contributed by atoms with E-state index in [1.54, 1.807) is 7.11 Å². The van der Waals surface area contributed by atoms with Gasteiger partial charge in [-0.25, -0.2) is 0 Å². The molecule has 0 aromatic rings. The lowest BCUT2D eigenvalue weighted by atomic mass is 9.74. The van der Waals surface area contributed by atoms with Crippen molar-refractivity contribution in [1.29, 1.82) is 0 Å². The number of carboxylic acids is 1. The third-order valence-corrected chi connectivity index (χ3v) is 2.93. The summed E-state index contributed by atoms with van der Waals surface area (Å²) >= 11 is 0. The summed E-state index contributed by atoms with van der Waals surface area (Å²) in [5, 5.41) is 12.4. The highest BCUT2D eigenvalue weighted by molar-refractivity contribution is 5.75. The van der Waals surface area contributed by atoms with Gasteiger partial charge in [0.05, 0.1) is 5.41 Å². The summed E-state index contributed by atoms with van der Waals surface area (Å²) in [4.78, 5) is 11.2. The van der Waals surface area contributed by atoms with Crippen LogP contribution < -0.4 is 5.32 Å². The fraction of sp³-hybridized carbons (Fsp3) is 0.929. The monoisotopic (exact) mass is 261 g/mol. The summed E-state index contributed by atoms with van der Waals surface area (Å²) in [5.41, 5.74) is -0.617. The number of rotatable bonds is 4. The van der Waals surface area contributed by atoms with Crippen LogP contribution in [-0.4, -0.2) is 37.9 Å². The number of hydrogen-bond acceptors (Lipinski definition) is 3. The first kappa shape index (κ1) is 17.4. The molecule has 1 aliphatic rings. The van der Waals surface area contributed by atoms with Crippen LogP contribution in [0, 0.1) is 17.3 Å². The van der Waals surface area contributed by atoms with E-state index in [9.17, 15) is 9.90 Å². The molecule has 0 radical (unpaired) electrons. The molecule has 0 spiro atoms. The van der Waals surface area contributed by atoms with Gasteiger partial charge in [-0.15, -0.1) is 0 Å². The summed E-state index contributed by atoms with van der Waals surface area (Å²) in [5.74, 6) is 0.560. The van der Waals surface area contributed by atoms with E-state index in [0.717, 1.165) is 18.9 Å². The van der Waals surface area contributed by atoms with Crippen molar-refractivity contribution in [3.8, 4) is 0 Å². The average molecular weight is 261 g/mol. The number of ether oxygens (including phenoxy) is 1. The molecule has 1 heterocycles. The summed E-state index contributed by atoms with van der Waals surface area (Å²) < 4.78 is 4.96. The molecular weight excluding hydrogens is 230 g/mol. The molecule has 0 aromatic carbocycles. The smallest absolute Gasteiger partial charge is 0.311 e. The highest BCUT2D eigenvalue weighted by atomic mass is 16.5. The highest BCUT2D eigenvalue weighted by Crippen LogP contribution is 2.33. The predicted octanol–water partition coefficient (Wildman–Crippen LogP) is 2.63. The normalized spacial score (nSPS) is 27.6. The van der Waals surface area contributed by atoms with E-state index >= 15 is 0 Å². The van der Waals surface area contributed by atoms with Crippen molar-refractivity contribution >= 4 is 5.97 Å². The first-order chi connectivity index (χ1) is 8.34. The number of carbonyl (C=O) groups is 1. The third kappa shape index (κ3) is 6.36. The maximum atomic E-state index is 11.2. The average Bonchev–Trinajstić information content (AvgIpc) is 2.25. The van der Waals surface area contributed by atoms with Crippen molar-refractivity contribution in [1.82, 2.24) is 5.32 Å². The van der Waals surface area contributed by atoms with Crippen LogP contribution in [-0.2, 0) is 9.53 Å². The molecule has 4 heteroatoms. The Hall–Kier alpha value is -0.610. The molecular formula is C14H31NO3. The predicted molar refractivity (Wildman–Crippen MR) is 75.8 cm³/mol. The van der Waals surface area contributed by atoms with E-state index in [1.807, 2.05) is 0 Å². The van der Waals surface area contributed by atoms with E-state index in [0.29, 0.717) is 25.5 Å². The molecule has 1 fully saturated rings. The van der Waals surface area contributed by atoms with Crippen molar-refractivity contribution in [3.63, 3.8) is 0 Å². The Morgan fingerprint density at radius 2 is 2.11 bits per heavy atom. The van der Waals surface area contributed by atoms with Crippen LogP contribution >= 0.6 is 0 Å². The molecule has 2 N–H and O–H groups in total. The number of aliphatic carboxylic acids is 1. The SMILES string of the molecule is CC(C)C.COCC[C@]1(C(=O)O)CNCC(C)C1.[HH]. The second-order valence-electron chi connectivity index (χ2n) is 6.00. The largest absolute Gasteiger partial charge is 0.481 e. The van der Waals surface area contributed by atoms with E-state index in [1.165, 1.54) is 0 Å². The summed E-state index contributed by atoms with van der Waals surface area (Å²) in [6.07, 6.45) is 1.34. The minimum atomic E-state index is -0.700. The zero-order valence-electron chi connectivity index (χ0n) is 12.5. The van der Waals surface area contributed by atoms with Gasteiger partial charge in [0.2, 0.25) is 0 Å². The maximum Gasteiger partial charge on any atom is 0.311 e. The molecule has 18 heavy (non-hydrogen) atoms. The molecule has 0 bridgehead atoms. The van der Waals surface area contributed by atoms with Crippen LogP contribution in [0.25, 0.3) is 0 Å². The first-order valence-corrected chi connectivity index (χ1v) is 6.77. The van der Waals surface area contributed by atoms with Gasteiger partial charge in [-0.2, -0.15) is 0 Å². The third-order valence-electron chi connectivity index (χ3n) is 2.93. The molecule has 110 valence electrons. The van der Waals surface area contributed by atoms with Crippen molar-refractivity contribution in [3.05, 3.63) is 0 Å². The molecule has 0 saturated carbocycles. The minimum Gasteiger partial charge on any atom is -0.481 e. The molecule has 1 saturated heterocycles. The fourth-order valence-electron chi connectivity index (χ4n) is 2.13. The maximum absolute atomic E-state index is 11.2. The van der Waals surface area contributed by atoms with Crippen LogP contribution in [0.15, 0.2) is 0 Å². The van der Waals surface area contributed by atoms with Gasteiger partial charge < -0.3 is 15.2 Å². The topological polar surface area (TPSA) is 58.6 Å². The molecule has 4 nitrogen and oxygen atoms in total. The number of methoxy groups -OCH3 is 1. The van der Waals surface area contributed by atoms with Gasteiger partial charge in [-0.1, -0.05) is 27.7 Å². The Balaban J connectivity index is 0.